The molecule has 0 N–H and O–H groups in total. The second kappa shape index (κ2) is 8.68. The Morgan fingerprint density at radius 1 is 0.867 bits per heavy atom. The van der Waals surface area contributed by atoms with E-state index in [0.717, 1.165) is 12.1 Å². The molecular weight excluding hydrogens is 392 g/mol. The quantitative estimate of drug-likeness (QED) is 0.540. The average Bonchev–Trinajstić information content (AvgIpc) is 2.70. The van der Waals surface area contributed by atoms with Crippen LogP contribution >= 0.6 is 0 Å². The molecule has 10 heteroatoms. The van der Waals surface area contributed by atoms with Crippen molar-refractivity contribution in [2.24, 2.45) is 0 Å². The normalized spacial score (nSPS) is 10.9. The lowest BCUT2D eigenvalue weighted by molar-refractivity contribution is -0.385. The van der Waals surface area contributed by atoms with E-state index in [4.69, 9.17) is 0 Å². The second-order valence-electron chi connectivity index (χ2n) is 7.42. The number of non-ortho nitro benzene ring substituents is 2. The molecule has 0 saturated carbocycles. The van der Waals surface area contributed by atoms with Crippen LogP contribution in [0.3, 0.4) is 0 Å². The minimum absolute atomic E-state index is 0.0458. The fraction of sp³-hybridized carbons (Fsp3) is 0.300. The molecule has 0 bridgehead atoms. The Morgan fingerprint density at radius 3 is 1.67 bits per heavy atom. The lowest BCUT2D eigenvalue weighted by atomic mass is 10.1. The van der Waals surface area contributed by atoms with Gasteiger partial charge in [0.05, 0.1) is 15.4 Å². The molecular formula is C20H22N4O6. The molecule has 2 rings (SSSR count). The van der Waals surface area contributed by atoms with Crippen LogP contribution in [-0.2, 0) is 0 Å². The van der Waals surface area contributed by atoms with Gasteiger partial charge in [0.1, 0.15) is 0 Å². The lowest BCUT2D eigenvalue weighted by Crippen LogP contribution is -2.58. The maximum absolute atomic E-state index is 13.3. The molecule has 0 unspecified atom stereocenters. The Balaban J connectivity index is 2.51. The van der Waals surface area contributed by atoms with Gasteiger partial charge in [-0.25, -0.2) is 10.0 Å². The molecule has 2 aromatic carbocycles. The molecule has 0 atom stereocenters. The summed E-state index contributed by atoms with van der Waals surface area (Å²) < 4.78 is 0. The van der Waals surface area contributed by atoms with Crippen LogP contribution in [0.15, 0.2) is 48.5 Å². The predicted molar refractivity (Wildman–Crippen MR) is 109 cm³/mol. The Morgan fingerprint density at radius 2 is 1.30 bits per heavy atom. The number of hydrogen-bond donors (Lipinski definition) is 0. The van der Waals surface area contributed by atoms with Gasteiger partial charge in [-0.05, 0) is 39.8 Å². The minimum atomic E-state index is -0.867. The zero-order valence-electron chi connectivity index (χ0n) is 17.1. The fourth-order valence-corrected chi connectivity index (χ4v) is 2.93. The van der Waals surface area contributed by atoms with Crippen LogP contribution in [0.25, 0.3) is 0 Å². The number of hydrazine groups is 1. The minimum Gasteiger partial charge on any atom is -0.267 e. The molecule has 0 heterocycles. The van der Waals surface area contributed by atoms with Crippen LogP contribution in [0.4, 0.5) is 11.4 Å². The van der Waals surface area contributed by atoms with Crippen LogP contribution in [0.1, 0.15) is 48.4 Å². The maximum Gasteiger partial charge on any atom is 0.273 e. The summed E-state index contributed by atoms with van der Waals surface area (Å²) in [6.07, 6.45) is 0. The third kappa shape index (κ3) is 4.77. The van der Waals surface area contributed by atoms with E-state index in [0.29, 0.717) is 0 Å². The van der Waals surface area contributed by atoms with Crippen molar-refractivity contribution in [3.63, 3.8) is 0 Å². The van der Waals surface area contributed by atoms with Crippen molar-refractivity contribution >= 4 is 23.2 Å². The topological polar surface area (TPSA) is 127 Å². The highest BCUT2D eigenvalue weighted by atomic mass is 16.6. The van der Waals surface area contributed by atoms with Crippen LogP contribution in [-0.4, -0.2) is 43.8 Å². The van der Waals surface area contributed by atoms with Crippen LogP contribution < -0.4 is 0 Å². The zero-order chi connectivity index (χ0) is 22.6. The first-order valence-corrected chi connectivity index (χ1v) is 9.12. The van der Waals surface area contributed by atoms with E-state index in [9.17, 15) is 29.8 Å². The van der Waals surface area contributed by atoms with Gasteiger partial charge in [-0.2, -0.15) is 0 Å². The van der Waals surface area contributed by atoms with Crippen molar-refractivity contribution in [3.05, 3.63) is 79.9 Å². The zero-order valence-corrected chi connectivity index (χ0v) is 17.1. The van der Waals surface area contributed by atoms with Gasteiger partial charge in [0.25, 0.3) is 23.2 Å². The first-order chi connectivity index (χ1) is 14.0. The van der Waals surface area contributed by atoms with E-state index < -0.39 is 27.2 Å². The number of benzene rings is 2. The van der Waals surface area contributed by atoms with Crippen LogP contribution in [0.2, 0.25) is 0 Å². The summed E-state index contributed by atoms with van der Waals surface area (Å²) in [7, 11) is 0. The number of hydrogen-bond acceptors (Lipinski definition) is 6. The highest BCUT2D eigenvalue weighted by Crippen LogP contribution is 2.24. The Bertz CT molecular complexity index is 999. The van der Waals surface area contributed by atoms with Gasteiger partial charge in [0.2, 0.25) is 0 Å². The van der Waals surface area contributed by atoms with Crippen molar-refractivity contribution < 1.29 is 19.4 Å². The molecule has 10 nitrogen and oxygen atoms in total. The van der Waals surface area contributed by atoms with E-state index >= 15 is 0 Å². The number of nitro benzene ring substituents is 2. The predicted octanol–water partition coefficient (Wildman–Crippen LogP) is 3.82. The van der Waals surface area contributed by atoms with Gasteiger partial charge in [-0.3, -0.25) is 29.8 Å². The van der Waals surface area contributed by atoms with Gasteiger partial charge in [-0.1, -0.05) is 12.1 Å². The number of carbonyl (C=O) groups is 2. The van der Waals surface area contributed by atoms with E-state index in [1.807, 2.05) is 0 Å². The number of amides is 2. The Kier molecular flexibility index (Phi) is 6.50. The summed E-state index contributed by atoms with van der Waals surface area (Å²) in [6.45, 7) is 6.90. The van der Waals surface area contributed by atoms with Gasteiger partial charge < -0.3 is 0 Å². The standard InChI is InChI=1S/C20H22N4O6/c1-5-21(18(25)14-8-6-10-16(12-14)23(27)28)22(20(2,3)4)19(26)15-9-7-11-17(13-15)24(29)30/h6-13H,5H2,1-4H3. The third-order valence-corrected chi connectivity index (χ3v) is 4.21. The van der Waals surface area contributed by atoms with Gasteiger partial charge in [0.15, 0.2) is 0 Å². The molecule has 2 amide bonds. The first-order valence-electron chi connectivity index (χ1n) is 9.12. The molecule has 0 aliphatic carbocycles. The smallest absolute Gasteiger partial charge is 0.267 e. The van der Waals surface area contributed by atoms with E-state index in [1.54, 1.807) is 27.7 Å². The van der Waals surface area contributed by atoms with Crippen molar-refractivity contribution in [1.82, 2.24) is 10.0 Å². The molecule has 0 spiro atoms. The number of nitrogens with zero attached hydrogens (tertiary/aromatic N) is 4. The summed E-state index contributed by atoms with van der Waals surface area (Å²) in [6, 6.07) is 10.5. The lowest BCUT2D eigenvalue weighted by Gasteiger charge is -2.43. The van der Waals surface area contributed by atoms with E-state index in [-0.39, 0.29) is 29.0 Å². The highest BCUT2D eigenvalue weighted by Gasteiger charge is 2.36. The number of carbonyl (C=O) groups excluding carboxylic acids is 2. The van der Waals surface area contributed by atoms with Crippen LogP contribution in [0, 0.1) is 20.2 Å². The number of nitro groups is 2. The summed E-state index contributed by atoms with van der Waals surface area (Å²) >= 11 is 0. The fourth-order valence-electron chi connectivity index (χ4n) is 2.93. The monoisotopic (exact) mass is 414 g/mol. The largest absolute Gasteiger partial charge is 0.273 e. The summed E-state index contributed by atoms with van der Waals surface area (Å²) in [4.78, 5) is 47.3. The summed E-state index contributed by atoms with van der Waals surface area (Å²) in [5.41, 5.74) is -1.27. The van der Waals surface area contributed by atoms with Gasteiger partial charge in [-0.15, -0.1) is 0 Å². The van der Waals surface area contributed by atoms with Crippen molar-refractivity contribution in [2.45, 2.75) is 33.2 Å². The average molecular weight is 414 g/mol. The van der Waals surface area contributed by atoms with Crippen molar-refractivity contribution in [2.75, 3.05) is 6.54 Å². The van der Waals surface area contributed by atoms with E-state index in [2.05, 4.69) is 0 Å². The van der Waals surface area contributed by atoms with Crippen molar-refractivity contribution in [1.29, 1.82) is 0 Å². The molecule has 0 fully saturated rings. The Hall–Kier alpha value is -3.82. The molecule has 0 radical (unpaired) electrons. The maximum atomic E-state index is 13.3. The summed E-state index contributed by atoms with van der Waals surface area (Å²) in [5.74, 6) is -1.21. The third-order valence-electron chi connectivity index (χ3n) is 4.21. The molecule has 158 valence electrons. The van der Waals surface area contributed by atoms with Gasteiger partial charge >= 0.3 is 0 Å². The van der Waals surface area contributed by atoms with Crippen LogP contribution in [0.5, 0.6) is 0 Å². The number of rotatable bonds is 5. The molecule has 0 aliphatic rings. The highest BCUT2D eigenvalue weighted by molar-refractivity contribution is 6.00. The SMILES string of the molecule is CCN(C(=O)c1cccc([N+](=O)[O-])c1)N(C(=O)c1cccc([N+](=O)[O-])c1)C(C)(C)C. The Labute approximate surface area is 173 Å². The molecule has 0 aromatic heterocycles. The van der Waals surface area contributed by atoms with Gasteiger partial charge in [0, 0.05) is 41.9 Å². The second-order valence-corrected chi connectivity index (χ2v) is 7.42. The molecule has 30 heavy (non-hydrogen) atoms. The molecule has 0 aliphatic heterocycles. The first kappa shape index (κ1) is 22.5. The molecule has 2 aromatic rings. The summed E-state index contributed by atoms with van der Waals surface area (Å²) in [5, 5.41) is 24.5. The molecule has 0 saturated heterocycles. The van der Waals surface area contributed by atoms with E-state index in [1.165, 1.54) is 46.4 Å². The van der Waals surface area contributed by atoms with Crippen molar-refractivity contribution in [3.8, 4) is 0 Å².